The zero-order chi connectivity index (χ0) is 28.8. The van der Waals surface area contributed by atoms with Crippen LogP contribution in [0.25, 0.3) is 11.1 Å². The number of rotatable bonds is 11. The number of nitrogens with zero attached hydrogens (tertiary/aromatic N) is 2. The molecule has 1 aliphatic carbocycles. The van der Waals surface area contributed by atoms with Crippen LogP contribution in [-0.2, 0) is 20.7 Å². The molecule has 0 aromatic heterocycles. The van der Waals surface area contributed by atoms with Crippen molar-refractivity contribution in [3.63, 3.8) is 0 Å². The fraction of sp³-hybridized carbons (Fsp3) is 0.375. The number of aliphatic carboxylic acids is 1. The quantitative estimate of drug-likeness (QED) is 0.305. The van der Waals surface area contributed by atoms with E-state index >= 15 is 0 Å². The first kappa shape index (κ1) is 28.6. The third-order valence-electron chi connectivity index (χ3n) is 7.84. The molecular formula is C32H37N3O6. The lowest BCUT2D eigenvalue weighted by molar-refractivity contribution is -0.139. The molecule has 3 aromatic carbocycles. The summed E-state index contributed by atoms with van der Waals surface area (Å²) >= 11 is 0. The molecule has 1 saturated heterocycles. The van der Waals surface area contributed by atoms with E-state index in [1.54, 1.807) is 0 Å². The lowest BCUT2D eigenvalue weighted by Gasteiger charge is -2.40. The van der Waals surface area contributed by atoms with Crippen LogP contribution in [-0.4, -0.2) is 85.4 Å². The number of aliphatic hydroxyl groups excluding tert-OH is 1. The number of carboxylic acid groups (broad SMARTS) is 1. The molecule has 41 heavy (non-hydrogen) atoms. The van der Waals surface area contributed by atoms with Gasteiger partial charge >= 0.3 is 12.1 Å². The van der Waals surface area contributed by atoms with Gasteiger partial charge in [-0.3, -0.25) is 4.90 Å². The maximum absolute atomic E-state index is 12.7. The van der Waals surface area contributed by atoms with Crippen molar-refractivity contribution in [3.05, 3.63) is 89.5 Å². The number of carboxylic acids is 1. The molecule has 5 rings (SSSR count). The van der Waals surface area contributed by atoms with Gasteiger partial charge in [0.25, 0.3) is 0 Å². The lowest BCUT2D eigenvalue weighted by atomic mass is 9.98. The molecule has 0 saturated carbocycles. The zero-order valence-electron chi connectivity index (χ0n) is 23.2. The van der Waals surface area contributed by atoms with Crippen LogP contribution in [0.5, 0.6) is 0 Å². The van der Waals surface area contributed by atoms with Crippen LogP contribution in [0.15, 0.2) is 72.8 Å². The van der Waals surface area contributed by atoms with Crippen LogP contribution in [0, 0.1) is 0 Å². The smallest absolute Gasteiger partial charge is 0.407 e. The number of amides is 1. The van der Waals surface area contributed by atoms with Gasteiger partial charge in [0.2, 0.25) is 0 Å². The first-order valence-electron chi connectivity index (χ1n) is 14.1. The summed E-state index contributed by atoms with van der Waals surface area (Å²) in [6.45, 7) is 6.20. The third kappa shape index (κ3) is 6.70. The van der Waals surface area contributed by atoms with Crippen LogP contribution >= 0.6 is 0 Å². The fourth-order valence-corrected chi connectivity index (χ4v) is 5.70. The summed E-state index contributed by atoms with van der Waals surface area (Å²) in [6, 6.07) is 22.4. The van der Waals surface area contributed by atoms with Gasteiger partial charge in [0, 0.05) is 50.8 Å². The van der Waals surface area contributed by atoms with Crippen LogP contribution in [0.3, 0.4) is 0 Å². The van der Waals surface area contributed by atoms with Gasteiger partial charge in [-0.1, -0.05) is 60.7 Å². The highest BCUT2D eigenvalue weighted by atomic mass is 16.5. The highest BCUT2D eigenvalue weighted by molar-refractivity contribution is 5.81. The number of anilines is 1. The Balaban J connectivity index is 1.15. The van der Waals surface area contributed by atoms with E-state index in [4.69, 9.17) is 9.47 Å². The minimum absolute atomic E-state index is 0.105. The minimum atomic E-state index is -1.14. The van der Waals surface area contributed by atoms with E-state index in [2.05, 4.69) is 22.3 Å². The molecule has 2 atom stereocenters. The second-order valence-corrected chi connectivity index (χ2v) is 10.4. The molecule has 3 aromatic rings. The Hall–Kier alpha value is -3.92. The van der Waals surface area contributed by atoms with E-state index in [1.807, 2.05) is 72.5 Å². The molecule has 1 unspecified atom stereocenters. The fourth-order valence-electron chi connectivity index (χ4n) is 5.70. The minimum Gasteiger partial charge on any atom is -0.480 e. The second-order valence-electron chi connectivity index (χ2n) is 10.4. The molecule has 3 N–H and O–H groups in total. The number of ether oxygens (including phenoxy) is 2. The molecular weight excluding hydrogens is 522 g/mol. The Bertz CT molecular complexity index is 1300. The number of alkyl carbamates (subject to hydrolysis) is 1. The first-order valence-corrected chi connectivity index (χ1v) is 14.1. The topological polar surface area (TPSA) is 112 Å². The highest BCUT2D eigenvalue weighted by Gasteiger charge is 2.30. The molecule has 9 nitrogen and oxygen atoms in total. The van der Waals surface area contributed by atoms with Crippen molar-refractivity contribution in [2.75, 3.05) is 50.9 Å². The molecule has 0 radical (unpaired) electrons. The van der Waals surface area contributed by atoms with Gasteiger partial charge in [0.05, 0.1) is 6.61 Å². The zero-order valence-corrected chi connectivity index (χ0v) is 23.2. The third-order valence-corrected chi connectivity index (χ3v) is 7.84. The summed E-state index contributed by atoms with van der Waals surface area (Å²) < 4.78 is 11.0. The van der Waals surface area contributed by atoms with Crippen molar-refractivity contribution in [2.24, 2.45) is 0 Å². The SMILES string of the molecule is CCOCCN1CCN(c2ccc(C[C@H](NC(=O)OCC3c4ccccc4-c4ccccc43)C(=O)O)cc2)C(O)C1. The van der Waals surface area contributed by atoms with Gasteiger partial charge < -0.3 is 29.9 Å². The molecule has 1 amide bonds. The molecule has 1 aliphatic heterocycles. The molecule has 0 bridgehead atoms. The summed E-state index contributed by atoms with van der Waals surface area (Å²) in [5.74, 6) is -1.24. The summed E-state index contributed by atoms with van der Waals surface area (Å²) in [4.78, 5) is 28.8. The summed E-state index contributed by atoms with van der Waals surface area (Å²) in [5, 5.41) is 23.0. The van der Waals surface area contributed by atoms with Gasteiger partial charge in [-0.25, -0.2) is 9.59 Å². The average molecular weight is 560 g/mol. The van der Waals surface area contributed by atoms with E-state index in [1.165, 1.54) is 0 Å². The van der Waals surface area contributed by atoms with Crippen molar-refractivity contribution in [3.8, 4) is 11.1 Å². The van der Waals surface area contributed by atoms with Crippen LogP contribution in [0.4, 0.5) is 10.5 Å². The van der Waals surface area contributed by atoms with Crippen molar-refractivity contribution in [1.82, 2.24) is 10.2 Å². The van der Waals surface area contributed by atoms with Crippen molar-refractivity contribution >= 4 is 17.7 Å². The molecule has 1 fully saturated rings. The Labute approximate surface area is 240 Å². The van der Waals surface area contributed by atoms with Gasteiger partial charge in [0.1, 0.15) is 18.9 Å². The van der Waals surface area contributed by atoms with Gasteiger partial charge in [-0.15, -0.1) is 0 Å². The number of carbonyl (C=O) groups is 2. The number of hydrogen-bond acceptors (Lipinski definition) is 7. The predicted molar refractivity (Wildman–Crippen MR) is 156 cm³/mol. The van der Waals surface area contributed by atoms with Gasteiger partial charge in [-0.2, -0.15) is 0 Å². The molecule has 0 spiro atoms. The van der Waals surface area contributed by atoms with E-state index < -0.39 is 24.3 Å². The number of nitrogens with one attached hydrogen (secondary N) is 1. The van der Waals surface area contributed by atoms with Crippen molar-refractivity contribution in [1.29, 1.82) is 0 Å². The number of benzene rings is 3. The molecule has 216 valence electrons. The van der Waals surface area contributed by atoms with Crippen LogP contribution in [0.1, 0.15) is 29.5 Å². The van der Waals surface area contributed by atoms with E-state index in [0.29, 0.717) is 26.3 Å². The number of aliphatic hydroxyl groups is 1. The maximum Gasteiger partial charge on any atom is 0.407 e. The highest BCUT2D eigenvalue weighted by Crippen LogP contribution is 2.44. The molecule has 9 heteroatoms. The monoisotopic (exact) mass is 559 g/mol. The summed E-state index contributed by atoms with van der Waals surface area (Å²) in [5.41, 5.74) is 6.05. The Morgan fingerprint density at radius 3 is 2.24 bits per heavy atom. The first-order chi connectivity index (χ1) is 19.9. The predicted octanol–water partition coefficient (Wildman–Crippen LogP) is 3.70. The number of β-amino-alcohol motifs (C(OH)–C–C–N with tert-alkyl or cyclic N) is 1. The number of piperazine rings is 1. The summed E-state index contributed by atoms with van der Waals surface area (Å²) in [6.07, 6.45) is -1.30. The Morgan fingerprint density at radius 1 is 0.976 bits per heavy atom. The maximum atomic E-state index is 12.7. The molecule has 2 aliphatic rings. The lowest BCUT2D eigenvalue weighted by Crippen LogP contribution is -2.53. The van der Waals surface area contributed by atoms with E-state index in [0.717, 1.165) is 46.6 Å². The van der Waals surface area contributed by atoms with Gasteiger partial charge in [-0.05, 0) is 46.9 Å². The Kier molecular flexibility index (Phi) is 9.18. The van der Waals surface area contributed by atoms with E-state index in [9.17, 15) is 19.8 Å². The number of fused-ring (bicyclic) bond motifs is 3. The molecule has 1 heterocycles. The Morgan fingerprint density at radius 2 is 1.63 bits per heavy atom. The van der Waals surface area contributed by atoms with Gasteiger partial charge in [0.15, 0.2) is 0 Å². The number of hydrogen-bond donors (Lipinski definition) is 3. The normalized spacial score (nSPS) is 17.5. The van der Waals surface area contributed by atoms with Crippen molar-refractivity contribution < 1.29 is 29.3 Å². The van der Waals surface area contributed by atoms with Crippen LogP contribution in [0.2, 0.25) is 0 Å². The van der Waals surface area contributed by atoms with Crippen molar-refractivity contribution in [2.45, 2.75) is 31.5 Å². The second kappa shape index (κ2) is 13.2. The standard InChI is InChI=1S/C32H37N3O6/c1-2-40-18-17-34-15-16-35(30(36)20-34)23-13-11-22(12-14-23)19-29(31(37)38)33-32(39)41-21-28-26-9-5-3-7-24(26)25-8-4-6-10-27(25)28/h3-14,28-30,36H,2,15-21H2,1H3,(H,33,39)(H,37,38)/t29-,30?/m0/s1. The van der Waals surface area contributed by atoms with E-state index in [-0.39, 0.29) is 18.9 Å². The summed E-state index contributed by atoms with van der Waals surface area (Å²) in [7, 11) is 0. The van der Waals surface area contributed by atoms with Crippen LogP contribution < -0.4 is 10.2 Å². The average Bonchev–Trinajstić information content (AvgIpc) is 3.30. The largest absolute Gasteiger partial charge is 0.480 e. The number of carbonyl (C=O) groups excluding carboxylic acids is 1.